The molecule has 0 aliphatic carbocycles. The fourth-order valence-corrected chi connectivity index (χ4v) is 5.61. The van der Waals surface area contributed by atoms with Crippen LogP contribution < -0.4 is 4.90 Å². The van der Waals surface area contributed by atoms with Gasteiger partial charge in [-0.15, -0.1) is 0 Å². The van der Waals surface area contributed by atoms with Crippen LogP contribution in [0.1, 0.15) is 34.7 Å². The first kappa shape index (κ1) is 17.7. The van der Waals surface area contributed by atoms with Crippen molar-refractivity contribution in [3.63, 3.8) is 0 Å². The largest absolute Gasteiger partial charge is 0.378 e. The number of piperidine rings is 3. The van der Waals surface area contributed by atoms with Gasteiger partial charge in [0.1, 0.15) is 0 Å². The predicted octanol–water partition coefficient (Wildman–Crippen LogP) is 2.85. The summed E-state index contributed by atoms with van der Waals surface area (Å²) in [6.45, 7) is 3.13. The van der Waals surface area contributed by atoms with Gasteiger partial charge in [0.2, 0.25) is 0 Å². The first-order valence-corrected chi connectivity index (χ1v) is 10.4. The van der Waals surface area contributed by atoms with Gasteiger partial charge < -0.3 is 9.80 Å². The van der Waals surface area contributed by atoms with E-state index < -0.39 is 0 Å². The topological polar surface area (TPSA) is 39.7 Å². The van der Waals surface area contributed by atoms with E-state index in [4.69, 9.17) is 0 Å². The molecule has 0 radical (unpaired) electrons. The Hall–Kier alpha value is -2.40. The van der Waals surface area contributed by atoms with Gasteiger partial charge in [0, 0.05) is 56.2 Å². The number of pyridine rings is 1. The molecule has 3 unspecified atom stereocenters. The molecule has 1 aromatic heterocycles. The van der Waals surface area contributed by atoms with Crippen molar-refractivity contribution in [2.24, 2.45) is 5.92 Å². The normalized spacial score (nSPS) is 30.9. The molecular weight excluding hydrogens is 348 g/mol. The van der Waals surface area contributed by atoms with Crippen LogP contribution >= 0.6 is 0 Å². The van der Waals surface area contributed by atoms with Crippen LogP contribution in [0.4, 0.5) is 5.69 Å². The minimum atomic E-state index is 0.181. The second-order valence-electron chi connectivity index (χ2n) is 8.65. The maximum Gasteiger partial charge on any atom is 0.254 e. The van der Waals surface area contributed by atoms with Crippen LogP contribution in [-0.4, -0.2) is 66.5 Å². The molecule has 2 aromatic rings. The Morgan fingerprint density at radius 1 is 1.07 bits per heavy atom. The summed E-state index contributed by atoms with van der Waals surface area (Å²) in [5, 5.41) is 0. The fraction of sp³-hybridized carbons (Fsp3) is 0.478. The molecule has 0 spiro atoms. The maximum atomic E-state index is 13.5. The summed E-state index contributed by atoms with van der Waals surface area (Å²) >= 11 is 0. The molecule has 4 fully saturated rings. The van der Waals surface area contributed by atoms with E-state index in [1.165, 1.54) is 31.5 Å². The van der Waals surface area contributed by atoms with Gasteiger partial charge in [-0.2, -0.15) is 0 Å². The average molecular weight is 377 g/mol. The zero-order valence-corrected chi connectivity index (χ0v) is 16.7. The first-order valence-electron chi connectivity index (χ1n) is 10.4. The highest BCUT2D eigenvalue weighted by molar-refractivity contribution is 5.95. The quantitative estimate of drug-likeness (QED) is 0.826. The van der Waals surface area contributed by atoms with Crippen LogP contribution in [0, 0.1) is 5.92 Å². The van der Waals surface area contributed by atoms with E-state index in [2.05, 4.69) is 25.8 Å². The molecule has 4 aliphatic rings. The van der Waals surface area contributed by atoms with Crippen LogP contribution in [0.3, 0.4) is 0 Å². The standard InChI is InChI=1S/C23H28N4O/c1-25(2)19-7-5-17(6-8-19)23(28)27-15-20(18-4-3-11-24-14-18)22-21(27)16-9-12-26(22)13-10-16/h3-8,11,14,16,20-22H,9-10,12-13,15H2,1-2H3. The summed E-state index contributed by atoms with van der Waals surface area (Å²) in [6, 6.07) is 13.0. The molecule has 0 N–H and O–H groups in total. The zero-order valence-electron chi connectivity index (χ0n) is 16.7. The lowest BCUT2D eigenvalue weighted by Crippen LogP contribution is -2.60. The molecule has 4 aliphatic heterocycles. The number of aromatic nitrogens is 1. The number of nitrogens with zero attached hydrogens (tertiary/aromatic N) is 4. The molecule has 4 saturated heterocycles. The van der Waals surface area contributed by atoms with Crippen molar-refractivity contribution in [2.45, 2.75) is 30.8 Å². The number of rotatable bonds is 3. The van der Waals surface area contributed by atoms with Crippen LogP contribution in [0.5, 0.6) is 0 Å². The van der Waals surface area contributed by atoms with Gasteiger partial charge in [0.05, 0.1) is 6.04 Å². The summed E-state index contributed by atoms with van der Waals surface area (Å²) in [5.74, 6) is 1.16. The molecule has 5 nitrogen and oxygen atoms in total. The average Bonchev–Trinajstić information content (AvgIpc) is 3.18. The van der Waals surface area contributed by atoms with Crippen molar-refractivity contribution < 1.29 is 4.79 Å². The van der Waals surface area contributed by atoms with E-state index in [0.717, 1.165) is 17.8 Å². The third-order valence-corrected chi connectivity index (χ3v) is 7.00. The maximum absolute atomic E-state index is 13.5. The molecule has 5 heterocycles. The van der Waals surface area contributed by atoms with Gasteiger partial charge in [-0.3, -0.25) is 14.7 Å². The highest BCUT2D eigenvalue weighted by Crippen LogP contribution is 2.46. The minimum Gasteiger partial charge on any atom is -0.378 e. The number of amides is 1. The zero-order chi connectivity index (χ0) is 19.3. The highest BCUT2D eigenvalue weighted by Gasteiger charge is 2.54. The molecule has 1 aromatic carbocycles. The Bertz CT molecular complexity index is 843. The summed E-state index contributed by atoms with van der Waals surface area (Å²) < 4.78 is 0. The number of benzene rings is 1. The van der Waals surface area contributed by atoms with Crippen molar-refractivity contribution in [3.8, 4) is 0 Å². The monoisotopic (exact) mass is 376 g/mol. The van der Waals surface area contributed by atoms with Gasteiger partial charge in [0.15, 0.2) is 0 Å². The van der Waals surface area contributed by atoms with E-state index in [9.17, 15) is 4.79 Å². The van der Waals surface area contributed by atoms with Crippen LogP contribution in [0.15, 0.2) is 48.8 Å². The van der Waals surface area contributed by atoms with Gasteiger partial charge in [-0.25, -0.2) is 0 Å². The highest BCUT2D eigenvalue weighted by atomic mass is 16.2. The first-order chi connectivity index (χ1) is 13.6. The van der Waals surface area contributed by atoms with Crippen molar-refractivity contribution >= 4 is 11.6 Å². The SMILES string of the molecule is CN(C)c1ccc(C(=O)N2CC(c3cccnc3)C3C2C2CCN3CC2)cc1. The Labute approximate surface area is 167 Å². The molecular formula is C23H28N4O. The number of anilines is 1. The van der Waals surface area contributed by atoms with Crippen molar-refractivity contribution in [1.82, 2.24) is 14.8 Å². The van der Waals surface area contributed by atoms with Gasteiger partial charge in [-0.1, -0.05) is 6.07 Å². The smallest absolute Gasteiger partial charge is 0.254 e. The lowest BCUT2D eigenvalue weighted by molar-refractivity contribution is -0.00342. The lowest BCUT2D eigenvalue weighted by atomic mass is 9.75. The van der Waals surface area contributed by atoms with Gasteiger partial charge in [0.25, 0.3) is 5.91 Å². The molecule has 28 heavy (non-hydrogen) atoms. The number of hydrogen-bond acceptors (Lipinski definition) is 4. The molecule has 5 heteroatoms. The van der Waals surface area contributed by atoms with E-state index in [1.54, 1.807) is 0 Å². The summed E-state index contributed by atoms with van der Waals surface area (Å²) in [5.41, 5.74) is 3.18. The Balaban J connectivity index is 1.48. The molecule has 1 amide bonds. The van der Waals surface area contributed by atoms with E-state index in [-0.39, 0.29) is 5.91 Å². The number of likely N-dealkylation sites (tertiary alicyclic amines) is 1. The third-order valence-electron chi connectivity index (χ3n) is 7.00. The number of carbonyl (C=O) groups is 1. The molecule has 3 atom stereocenters. The number of hydrogen-bond donors (Lipinski definition) is 0. The fourth-order valence-electron chi connectivity index (χ4n) is 5.61. The van der Waals surface area contributed by atoms with Crippen LogP contribution in [0.25, 0.3) is 0 Å². The van der Waals surface area contributed by atoms with Crippen molar-refractivity contribution in [2.75, 3.05) is 38.6 Å². The molecule has 0 saturated carbocycles. The molecule has 2 bridgehead atoms. The lowest BCUT2D eigenvalue weighted by Gasteiger charge is -2.51. The number of carbonyl (C=O) groups excluding carboxylic acids is 1. The third kappa shape index (κ3) is 2.80. The van der Waals surface area contributed by atoms with E-state index in [1.807, 2.05) is 56.8 Å². The van der Waals surface area contributed by atoms with Gasteiger partial charge >= 0.3 is 0 Å². The van der Waals surface area contributed by atoms with Crippen molar-refractivity contribution in [3.05, 3.63) is 59.9 Å². The Morgan fingerprint density at radius 2 is 1.82 bits per heavy atom. The Morgan fingerprint density at radius 3 is 2.46 bits per heavy atom. The summed E-state index contributed by atoms with van der Waals surface area (Å²) in [7, 11) is 4.04. The Kier molecular flexibility index (Phi) is 4.35. The molecule has 6 rings (SSSR count). The van der Waals surface area contributed by atoms with Crippen LogP contribution in [0.2, 0.25) is 0 Å². The summed E-state index contributed by atoms with van der Waals surface area (Å²) in [4.78, 5) is 24.7. The summed E-state index contributed by atoms with van der Waals surface area (Å²) in [6.07, 6.45) is 6.25. The van der Waals surface area contributed by atoms with E-state index >= 15 is 0 Å². The van der Waals surface area contributed by atoms with Crippen molar-refractivity contribution in [1.29, 1.82) is 0 Å². The molecule has 146 valence electrons. The minimum absolute atomic E-state index is 0.181. The van der Waals surface area contributed by atoms with E-state index in [0.29, 0.717) is 23.9 Å². The van der Waals surface area contributed by atoms with Gasteiger partial charge in [-0.05, 0) is 67.7 Å². The predicted molar refractivity (Wildman–Crippen MR) is 111 cm³/mol. The second kappa shape index (κ2) is 6.89. The van der Waals surface area contributed by atoms with Crippen LogP contribution in [-0.2, 0) is 0 Å². The number of fused-ring (bicyclic) bond motifs is 2. The second-order valence-corrected chi connectivity index (χ2v) is 8.65.